The van der Waals surface area contributed by atoms with Crippen molar-refractivity contribution >= 4 is 22.8 Å². The maximum atomic E-state index is 11.8. The van der Waals surface area contributed by atoms with Gasteiger partial charge >= 0.3 is 0 Å². The third-order valence-corrected chi connectivity index (χ3v) is 3.86. The summed E-state index contributed by atoms with van der Waals surface area (Å²) in [5.41, 5.74) is 2.60. The Balaban J connectivity index is 1.59. The second kappa shape index (κ2) is 7.49. The van der Waals surface area contributed by atoms with E-state index in [2.05, 4.69) is 37.2 Å². The van der Waals surface area contributed by atoms with Crippen molar-refractivity contribution in [3.8, 4) is 12.3 Å². The number of carbonyl (C=O) groups is 1. The van der Waals surface area contributed by atoms with E-state index in [0.29, 0.717) is 12.1 Å². The fourth-order valence-electron chi connectivity index (χ4n) is 2.64. The Morgan fingerprint density at radius 3 is 2.88 bits per heavy atom. The number of nitrogens with one attached hydrogen (secondary N) is 2. The van der Waals surface area contributed by atoms with E-state index >= 15 is 0 Å². The molecule has 2 aromatic heterocycles. The molecule has 3 aromatic rings. The number of para-hydroxylation sites is 2. The number of terminal acetylenes is 1. The van der Waals surface area contributed by atoms with Crippen LogP contribution < -0.4 is 10.6 Å². The van der Waals surface area contributed by atoms with Crippen molar-refractivity contribution in [3.63, 3.8) is 0 Å². The first kappa shape index (κ1) is 16.5. The first-order chi connectivity index (χ1) is 12.2. The quantitative estimate of drug-likeness (QED) is 0.679. The van der Waals surface area contributed by atoms with E-state index in [1.54, 1.807) is 12.1 Å². The molecule has 126 valence electrons. The summed E-state index contributed by atoms with van der Waals surface area (Å²) in [6.45, 7) is 3.69. The van der Waals surface area contributed by atoms with Crippen LogP contribution in [0.1, 0.15) is 16.2 Å². The van der Waals surface area contributed by atoms with Crippen molar-refractivity contribution in [2.24, 2.45) is 0 Å². The van der Waals surface area contributed by atoms with Gasteiger partial charge in [0.15, 0.2) is 0 Å². The van der Waals surface area contributed by atoms with Gasteiger partial charge < -0.3 is 15.2 Å². The number of hydrogen-bond acceptors (Lipinski definition) is 4. The molecule has 2 heterocycles. The van der Waals surface area contributed by atoms with Crippen LogP contribution in [0.25, 0.3) is 11.0 Å². The van der Waals surface area contributed by atoms with Gasteiger partial charge in [0.05, 0.1) is 23.1 Å². The van der Waals surface area contributed by atoms with Crippen LogP contribution >= 0.6 is 0 Å². The number of hydrogen-bond donors (Lipinski definition) is 2. The number of amides is 1. The zero-order valence-corrected chi connectivity index (χ0v) is 14.0. The molecule has 0 aliphatic heterocycles. The van der Waals surface area contributed by atoms with Crippen LogP contribution in [0, 0.1) is 19.3 Å². The minimum atomic E-state index is -0.225. The third kappa shape index (κ3) is 3.78. The SMILES string of the molecule is C#CCNC(=O)c1ccc(NCCn2c(C)nc3ccccc32)nc1. The van der Waals surface area contributed by atoms with Gasteiger partial charge in [-0.25, -0.2) is 9.97 Å². The van der Waals surface area contributed by atoms with Gasteiger partial charge in [0, 0.05) is 19.3 Å². The predicted molar refractivity (Wildman–Crippen MR) is 98.4 cm³/mol. The largest absolute Gasteiger partial charge is 0.368 e. The highest BCUT2D eigenvalue weighted by Crippen LogP contribution is 2.15. The molecule has 0 saturated heterocycles. The molecule has 0 spiro atoms. The van der Waals surface area contributed by atoms with Crippen LogP contribution in [0.15, 0.2) is 42.6 Å². The summed E-state index contributed by atoms with van der Waals surface area (Å²) in [5.74, 6) is 3.84. The topological polar surface area (TPSA) is 71.8 Å². The highest BCUT2D eigenvalue weighted by atomic mass is 16.1. The van der Waals surface area contributed by atoms with Crippen LogP contribution in [0.2, 0.25) is 0 Å². The van der Waals surface area contributed by atoms with Crippen LogP contribution in [0.4, 0.5) is 5.82 Å². The van der Waals surface area contributed by atoms with Crippen molar-refractivity contribution in [2.45, 2.75) is 13.5 Å². The first-order valence-corrected chi connectivity index (χ1v) is 8.02. The Morgan fingerprint density at radius 2 is 2.12 bits per heavy atom. The Labute approximate surface area is 146 Å². The lowest BCUT2D eigenvalue weighted by atomic mass is 10.2. The summed E-state index contributed by atoms with van der Waals surface area (Å²) in [6, 6.07) is 11.6. The molecule has 3 rings (SSSR count). The maximum Gasteiger partial charge on any atom is 0.253 e. The number of nitrogens with zero attached hydrogens (tertiary/aromatic N) is 3. The standard InChI is InChI=1S/C19H19N5O/c1-3-10-21-19(25)15-8-9-18(22-13-15)20-11-12-24-14(2)23-16-6-4-5-7-17(16)24/h1,4-9,13H,10-12H2,2H3,(H,20,22)(H,21,25). The molecule has 0 unspecified atom stereocenters. The molecule has 2 N–H and O–H groups in total. The van der Waals surface area contributed by atoms with E-state index in [0.717, 1.165) is 29.2 Å². The minimum absolute atomic E-state index is 0.205. The van der Waals surface area contributed by atoms with Crippen molar-refractivity contribution in [1.82, 2.24) is 19.9 Å². The van der Waals surface area contributed by atoms with Gasteiger partial charge in [-0.2, -0.15) is 0 Å². The molecule has 0 fully saturated rings. The number of anilines is 1. The van der Waals surface area contributed by atoms with Gasteiger partial charge in [-0.1, -0.05) is 18.1 Å². The zero-order valence-electron chi connectivity index (χ0n) is 14.0. The number of fused-ring (bicyclic) bond motifs is 1. The van der Waals surface area contributed by atoms with Crippen molar-refractivity contribution in [1.29, 1.82) is 0 Å². The smallest absolute Gasteiger partial charge is 0.253 e. The van der Waals surface area contributed by atoms with Crippen molar-refractivity contribution in [2.75, 3.05) is 18.4 Å². The molecule has 0 aliphatic rings. The molecule has 6 nitrogen and oxygen atoms in total. The molecular formula is C19H19N5O. The number of imidazole rings is 1. The molecule has 0 aliphatic carbocycles. The monoisotopic (exact) mass is 333 g/mol. The van der Waals surface area contributed by atoms with Gasteiger partial charge in [0.2, 0.25) is 0 Å². The second-order valence-corrected chi connectivity index (χ2v) is 5.55. The van der Waals surface area contributed by atoms with E-state index in [4.69, 9.17) is 6.42 Å². The third-order valence-electron chi connectivity index (χ3n) is 3.86. The molecular weight excluding hydrogens is 314 g/mol. The summed E-state index contributed by atoms with van der Waals surface area (Å²) < 4.78 is 2.17. The van der Waals surface area contributed by atoms with Crippen LogP contribution in [-0.2, 0) is 6.54 Å². The lowest BCUT2D eigenvalue weighted by molar-refractivity contribution is 0.0958. The van der Waals surface area contributed by atoms with E-state index in [1.165, 1.54) is 6.20 Å². The van der Waals surface area contributed by atoms with Crippen molar-refractivity contribution < 1.29 is 4.79 Å². The number of pyridine rings is 1. The minimum Gasteiger partial charge on any atom is -0.368 e. The Bertz CT molecular complexity index is 921. The van der Waals surface area contributed by atoms with E-state index in [-0.39, 0.29) is 12.5 Å². The molecule has 0 radical (unpaired) electrons. The highest BCUT2D eigenvalue weighted by Gasteiger charge is 2.07. The summed E-state index contributed by atoms with van der Waals surface area (Å²) in [4.78, 5) is 20.6. The predicted octanol–water partition coefficient (Wildman–Crippen LogP) is 2.21. The van der Waals surface area contributed by atoms with Gasteiger partial charge in [-0.05, 0) is 31.2 Å². The molecule has 6 heteroatoms. The average molecular weight is 333 g/mol. The Morgan fingerprint density at radius 1 is 1.28 bits per heavy atom. The van der Waals surface area contributed by atoms with Gasteiger partial charge in [0.25, 0.3) is 5.91 Å². The van der Waals surface area contributed by atoms with Crippen LogP contribution in [-0.4, -0.2) is 33.5 Å². The maximum absolute atomic E-state index is 11.8. The number of carbonyl (C=O) groups excluding carboxylic acids is 1. The lowest BCUT2D eigenvalue weighted by Gasteiger charge is -2.09. The Hall–Kier alpha value is -3.33. The summed E-state index contributed by atoms with van der Waals surface area (Å²) in [5, 5.41) is 5.87. The first-order valence-electron chi connectivity index (χ1n) is 8.02. The molecule has 25 heavy (non-hydrogen) atoms. The van der Waals surface area contributed by atoms with Gasteiger partial charge in [-0.15, -0.1) is 6.42 Å². The fraction of sp³-hybridized carbons (Fsp3) is 0.211. The van der Waals surface area contributed by atoms with E-state index in [9.17, 15) is 4.79 Å². The number of rotatable bonds is 6. The summed E-state index contributed by atoms with van der Waals surface area (Å²) in [6.07, 6.45) is 6.66. The molecule has 1 amide bonds. The van der Waals surface area contributed by atoms with Crippen LogP contribution in [0.3, 0.4) is 0 Å². The number of benzene rings is 1. The van der Waals surface area contributed by atoms with Gasteiger partial charge in [0.1, 0.15) is 11.6 Å². The molecule has 1 aromatic carbocycles. The molecule has 0 saturated carbocycles. The van der Waals surface area contributed by atoms with Crippen molar-refractivity contribution in [3.05, 3.63) is 54.0 Å². The van der Waals surface area contributed by atoms with E-state index in [1.807, 2.05) is 25.1 Å². The summed E-state index contributed by atoms with van der Waals surface area (Å²) in [7, 11) is 0. The number of aryl methyl sites for hydroxylation is 1. The average Bonchev–Trinajstić information content (AvgIpc) is 2.96. The van der Waals surface area contributed by atoms with E-state index < -0.39 is 0 Å². The normalized spacial score (nSPS) is 10.4. The second-order valence-electron chi connectivity index (χ2n) is 5.55. The van der Waals surface area contributed by atoms with Crippen LogP contribution in [0.5, 0.6) is 0 Å². The molecule has 0 bridgehead atoms. The lowest BCUT2D eigenvalue weighted by Crippen LogP contribution is -2.23. The highest BCUT2D eigenvalue weighted by molar-refractivity contribution is 5.94. The zero-order chi connectivity index (χ0) is 17.6. The number of aromatic nitrogens is 3. The Kier molecular flexibility index (Phi) is 4.95. The summed E-state index contributed by atoms with van der Waals surface area (Å²) >= 11 is 0. The molecule has 0 atom stereocenters. The van der Waals surface area contributed by atoms with Gasteiger partial charge in [-0.3, -0.25) is 4.79 Å². The fourth-order valence-corrected chi connectivity index (χ4v) is 2.64.